The predicted octanol–water partition coefficient (Wildman–Crippen LogP) is 2.05. The summed E-state index contributed by atoms with van der Waals surface area (Å²) in [6.07, 6.45) is 1.99. The van der Waals surface area contributed by atoms with Crippen LogP contribution in [0.2, 0.25) is 0 Å². The topological polar surface area (TPSA) is 52.6 Å². The molecule has 81 valence electrons. The van der Waals surface area contributed by atoms with Crippen LogP contribution in [0.3, 0.4) is 0 Å². The quantitative estimate of drug-likeness (QED) is 0.520. The van der Waals surface area contributed by atoms with Crippen LogP contribution in [0.25, 0.3) is 0 Å². The molecule has 1 saturated heterocycles. The molecule has 2 rings (SSSR count). The zero-order valence-electron chi connectivity index (χ0n) is 8.99. The van der Waals surface area contributed by atoms with Crippen molar-refractivity contribution in [2.24, 2.45) is 10.8 Å². The van der Waals surface area contributed by atoms with E-state index in [1.807, 2.05) is 6.92 Å². The first-order valence-corrected chi connectivity index (χ1v) is 5.14. The summed E-state index contributed by atoms with van der Waals surface area (Å²) in [5, 5.41) is 21.5. The molecule has 1 aliphatic heterocycles. The highest BCUT2D eigenvalue weighted by Gasteiger charge is 2.57. The molecule has 2 bridgehead atoms. The van der Waals surface area contributed by atoms with E-state index in [1.165, 1.54) is 0 Å². The van der Waals surface area contributed by atoms with Crippen molar-refractivity contribution < 1.29 is 15.4 Å². The van der Waals surface area contributed by atoms with Gasteiger partial charge < -0.3 is 0 Å². The van der Waals surface area contributed by atoms with Gasteiger partial charge in [0.15, 0.2) is 6.23 Å². The highest BCUT2D eigenvalue weighted by molar-refractivity contribution is 5.02. The Bertz CT molecular complexity index is 244. The molecule has 0 amide bonds. The molecule has 0 spiro atoms. The summed E-state index contributed by atoms with van der Waals surface area (Å²) >= 11 is 0. The number of hydrogen-bond donors (Lipinski definition) is 1. The molecule has 2 fully saturated rings. The molecule has 1 aliphatic carbocycles. The van der Waals surface area contributed by atoms with Crippen molar-refractivity contribution >= 4 is 0 Å². The molecule has 2 aliphatic rings. The highest BCUT2D eigenvalue weighted by Crippen LogP contribution is 2.55. The Hall–Kier alpha value is -0.160. The van der Waals surface area contributed by atoms with Crippen molar-refractivity contribution in [1.29, 1.82) is 0 Å². The van der Waals surface area contributed by atoms with Gasteiger partial charge in [0, 0.05) is 11.5 Å². The SMILES string of the molecule is CC1(C)C[C@H]2C[C@@](C)(C1)[C@H](OO)N2[O]. The number of hydroxylamine groups is 2. The maximum absolute atomic E-state index is 11.7. The maximum Gasteiger partial charge on any atom is 0.176 e. The van der Waals surface area contributed by atoms with Gasteiger partial charge in [-0.05, 0) is 24.7 Å². The molecular weight excluding hydrogens is 182 g/mol. The second kappa shape index (κ2) is 2.92. The molecule has 0 aromatic rings. The van der Waals surface area contributed by atoms with E-state index in [4.69, 9.17) is 5.26 Å². The zero-order chi connectivity index (χ0) is 10.6. The molecular formula is C10H18NO3. The zero-order valence-corrected chi connectivity index (χ0v) is 8.99. The van der Waals surface area contributed by atoms with E-state index in [-0.39, 0.29) is 16.9 Å². The fourth-order valence-corrected chi connectivity index (χ4v) is 3.53. The van der Waals surface area contributed by atoms with Crippen LogP contribution in [0.1, 0.15) is 40.0 Å². The Kier molecular flexibility index (Phi) is 2.16. The van der Waals surface area contributed by atoms with Crippen LogP contribution >= 0.6 is 0 Å². The third-order valence-corrected chi connectivity index (χ3v) is 3.66. The van der Waals surface area contributed by atoms with Crippen molar-refractivity contribution in [3.63, 3.8) is 0 Å². The van der Waals surface area contributed by atoms with Crippen molar-refractivity contribution in [2.75, 3.05) is 0 Å². The normalized spacial score (nSPS) is 46.9. The average Bonchev–Trinajstić information content (AvgIpc) is 2.17. The van der Waals surface area contributed by atoms with Crippen LogP contribution in [-0.4, -0.2) is 22.6 Å². The fourth-order valence-electron chi connectivity index (χ4n) is 3.53. The number of hydrogen-bond acceptors (Lipinski definition) is 3. The molecule has 14 heavy (non-hydrogen) atoms. The second-order valence-electron chi connectivity index (χ2n) is 5.87. The molecule has 1 saturated carbocycles. The monoisotopic (exact) mass is 200 g/mol. The molecule has 1 radical (unpaired) electrons. The summed E-state index contributed by atoms with van der Waals surface area (Å²) in [6.45, 7) is 6.37. The third kappa shape index (κ3) is 1.37. The highest BCUT2D eigenvalue weighted by atomic mass is 17.1. The third-order valence-electron chi connectivity index (χ3n) is 3.66. The van der Waals surface area contributed by atoms with E-state index in [0.717, 1.165) is 24.3 Å². The minimum Gasteiger partial charge on any atom is -0.250 e. The molecule has 0 unspecified atom stereocenters. The van der Waals surface area contributed by atoms with Crippen LogP contribution < -0.4 is 0 Å². The summed E-state index contributed by atoms with van der Waals surface area (Å²) < 4.78 is 0. The lowest BCUT2D eigenvalue weighted by molar-refractivity contribution is -0.383. The molecule has 4 nitrogen and oxygen atoms in total. The summed E-state index contributed by atoms with van der Waals surface area (Å²) in [4.78, 5) is 4.35. The molecule has 0 aromatic carbocycles. The Labute approximate surface area is 84.4 Å². The van der Waals surface area contributed by atoms with Gasteiger partial charge in [-0.1, -0.05) is 20.8 Å². The largest absolute Gasteiger partial charge is 0.250 e. The van der Waals surface area contributed by atoms with Gasteiger partial charge in [-0.2, -0.15) is 0 Å². The first kappa shape index (κ1) is 10.4. The Balaban J connectivity index is 2.28. The van der Waals surface area contributed by atoms with Crippen molar-refractivity contribution in [2.45, 2.75) is 52.3 Å². The van der Waals surface area contributed by atoms with Gasteiger partial charge in [-0.15, -0.1) is 10.3 Å². The van der Waals surface area contributed by atoms with E-state index in [1.54, 1.807) is 0 Å². The smallest absolute Gasteiger partial charge is 0.176 e. The van der Waals surface area contributed by atoms with E-state index in [9.17, 15) is 5.21 Å². The van der Waals surface area contributed by atoms with Gasteiger partial charge >= 0.3 is 0 Å². The van der Waals surface area contributed by atoms with Gasteiger partial charge in [0.05, 0.1) is 0 Å². The van der Waals surface area contributed by atoms with Crippen molar-refractivity contribution in [3.8, 4) is 0 Å². The van der Waals surface area contributed by atoms with Crippen molar-refractivity contribution in [3.05, 3.63) is 0 Å². The second-order valence-corrected chi connectivity index (χ2v) is 5.87. The summed E-state index contributed by atoms with van der Waals surface area (Å²) in [6, 6.07) is 0.0147. The predicted molar refractivity (Wildman–Crippen MR) is 49.6 cm³/mol. The van der Waals surface area contributed by atoms with Gasteiger partial charge in [-0.3, -0.25) is 5.26 Å². The maximum atomic E-state index is 11.7. The first-order chi connectivity index (χ1) is 6.38. The molecule has 4 heteroatoms. The Morgan fingerprint density at radius 2 is 2.00 bits per heavy atom. The minimum absolute atomic E-state index is 0.0147. The standard InChI is InChI=1S/C10H18NO3/c1-9(2)4-7-5-10(3,6-9)8(14-13)11(7)12/h7-8,13H,4-6H2,1-3H3/t7-,8-,10-/m0/s1. The van der Waals surface area contributed by atoms with Gasteiger partial charge in [0.2, 0.25) is 0 Å². The molecule has 3 atom stereocenters. The molecule has 1 heterocycles. The van der Waals surface area contributed by atoms with E-state index < -0.39 is 6.23 Å². The first-order valence-electron chi connectivity index (χ1n) is 5.14. The summed E-state index contributed by atoms with van der Waals surface area (Å²) in [5.74, 6) is 0. The number of nitrogens with zero attached hydrogens (tertiary/aromatic N) is 1. The van der Waals surface area contributed by atoms with Gasteiger partial charge in [0.1, 0.15) is 0 Å². The number of rotatable bonds is 1. The van der Waals surface area contributed by atoms with Crippen LogP contribution in [0.15, 0.2) is 0 Å². The van der Waals surface area contributed by atoms with Crippen LogP contribution in [0.5, 0.6) is 0 Å². The van der Waals surface area contributed by atoms with Crippen LogP contribution in [0, 0.1) is 10.8 Å². The lowest BCUT2D eigenvalue weighted by Crippen LogP contribution is -2.38. The summed E-state index contributed by atoms with van der Waals surface area (Å²) in [5.41, 5.74) is -0.0173. The number of fused-ring (bicyclic) bond motifs is 2. The van der Waals surface area contributed by atoms with Crippen molar-refractivity contribution in [1.82, 2.24) is 5.06 Å². The average molecular weight is 200 g/mol. The van der Waals surface area contributed by atoms with E-state index in [2.05, 4.69) is 18.7 Å². The van der Waals surface area contributed by atoms with Gasteiger partial charge in [0.25, 0.3) is 0 Å². The van der Waals surface area contributed by atoms with Gasteiger partial charge in [-0.25, -0.2) is 4.89 Å². The molecule has 1 N–H and O–H groups in total. The van der Waals surface area contributed by atoms with Crippen LogP contribution in [0.4, 0.5) is 0 Å². The summed E-state index contributed by atoms with van der Waals surface area (Å²) in [7, 11) is 0. The van der Waals surface area contributed by atoms with E-state index in [0.29, 0.717) is 0 Å². The fraction of sp³-hybridized carbons (Fsp3) is 1.00. The van der Waals surface area contributed by atoms with Crippen LogP contribution in [-0.2, 0) is 10.1 Å². The lowest BCUT2D eigenvalue weighted by atomic mass is 9.65. The molecule has 0 aromatic heterocycles. The van der Waals surface area contributed by atoms with E-state index >= 15 is 0 Å². The lowest BCUT2D eigenvalue weighted by Gasteiger charge is -2.39. The minimum atomic E-state index is -0.672. The Morgan fingerprint density at radius 1 is 1.36 bits per heavy atom. The Morgan fingerprint density at radius 3 is 2.57 bits per heavy atom.